The van der Waals surface area contributed by atoms with Gasteiger partial charge in [-0.25, -0.2) is 4.79 Å². The minimum atomic E-state index is -0.357. The highest BCUT2D eigenvalue weighted by atomic mass is 16.7. The van der Waals surface area contributed by atoms with Crippen molar-refractivity contribution in [3.05, 3.63) is 59.7 Å². The van der Waals surface area contributed by atoms with Gasteiger partial charge in [-0.05, 0) is 48.7 Å². The Balaban J connectivity index is 1.90. The number of carbonyl (C=O) groups is 1. The summed E-state index contributed by atoms with van der Waals surface area (Å²) in [6.07, 6.45) is 2.45. The molecule has 2 aromatic carbocycles. The number of hydrogen-bond acceptors (Lipinski definition) is 5. The second-order valence-electron chi connectivity index (χ2n) is 5.46. The molecule has 130 valence electrons. The predicted octanol–water partition coefficient (Wildman–Crippen LogP) is 3.61. The molecule has 0 aliphatic carbocycles. The molecule has 0 bridgehead atoms. The fourth-order valence-electron chi connectivity index (χ4n) is 2.61. The van der Waals surface area contributed by atoms with Gasteiger partial charge in [0.2, 0.25) is 6.79 Å². The fourth-order valence-corrected chi connectivity index (χ4v) is 2.61. The molecule has 0 saturated heterocycles. The normalized spacial score (nSPS) is 12.8. The molecule has 0 spiro atoms. The van der Waals surface area contributed by atoms with Gasteiger partial charge < -0.3 is 18.9 Å². The molecule has 0 atom stereocenters. The number of ether oxygens (including phenoxy) is 4. The highest BCUT2D eigenvalue weighted by Gasteiger charge is 2.18. The molecule has 2 aromatic rings. The van der Waals surface area contributed by atoms with Crippen LogP contribution in [0.5, 0.6) is 17.2 Å². The van der Waals surface area contributed by atoms with Gasteiger partial charge in [0.1, 0.15) is 5.75 Å². The van der Waals surface area contributed by atoms with E-state index in [9.17, 15) is 4.79 Å². The van der Waals surface area contributed by atoms with Gasteiger partial charge in [-0.2, -0.15) is 0 Å². The third-order valence-corrected chi connectivity index (χ3v) is 3.85. The zero-order chi connectivity index (χ0) is 17.6. The topological polar surface area (TPSA) is 54.0 Å². The Bertz CT molecular complexity index is 794. The number of methoxy groups -OCH3 is 1. The van der Waals surface area contributed by atoms with E-state index in [2.05, 4.69) is 0 Å². The molecule has 0 unspecified atom stereocenters. The Hall–Kier alpha value is -2.95. The van der Waals surface area contributed by atoms with E-state index in [1.807, 2.05) is 36.4 Å². The lowest BCUT2D eigenvalue weighted by atomic mass is 10.0. The first-order valence-corrected chi connectivity index (χ1v) is 8.11. The molecular formula is C20H20O5. The van der Waals surface area contributed by atoms with Gasteiger partial charge in [0.25, 0.3) is 0 Å². The van der Waals surface area contributed by atoms with E-state index in [0.717, 1.165) is 16.9 Å². The van der Waals surface area contributed by atoms with Crippen LogP contribution in [0.25, 0.3) is 5.57 Å². The van der Waals surface area contributed by atoms with Gasteiger partial charge in [-0.1, -0.05) is 24.3 Å². The van der Waals surface area contributed by atoms with Crippen LogP contribution in [0.15, 0.2) is 48.5 Å². The van der Waals surface area contributed by atoms with E-state index in [0.29, 0.717) is 30.1 Å². The third kappa shape index (κ3) is 3.94. The van der Waals surface area contributed by atoms with Crippen LogP contribution in [-0.4, -0.2) is 26.5 Å². The largest absolute Gasteiger partial charge is 0.497 e. The number of rotatable bonds is 6. The first-order chi connectivity index (χ1) is 12.2. The van der Waals surface area contributed by atoms with Gasteiger partial charge in [-0.3, -0.25) is 0 Å². The highest BCUT2D eigenvalue weighted by molar-refractivity contribution is 6.16. The SMILES string of the molecule is CCOC(=O)/C(=C\Cc1cccc(OC)c1)c1ccc2c(c1)OCO2. The fraction of sp³-hybridized carbons (Fsp3) is 0.250. The van der Waals surface area contributed by atoms with Crippen molar-refractivity contribution in [3.8, 4) is 17.2 Å². The van der Waals surface area contributed by atoms with Crippen molar-refractivity contribution in [2.75, 3.05) is 20.5 Å². The lowest BCUT2D eigenvalue weighted by Crippen LogP contribution is -2.07. The van der Waals surface area contributed by atoms with Crippen molar-refractivity contribution in [1.82, 2.24) is 0 Å². The van der Waals surface area contributed by atoms with Gasteiger partial charge in [0, 0.05) is 0 Å². The van der Waals surface area contributed by atoms with Gasteiger partial charge in [0.15, 0.2) is 11.5 Å². The number of benzene rings is 2. The summed E-state index contributed by atoms with van der Waals surface area (Å²) in [4.78, 5) is 12.4. The minimum Gasteiger partial charge on any atom is -0.497 e. The van der Waals surface area contributed by atoms with Crippen molar-refractivity contribution in [3.63, 3.8) is 0 Å². The van der Waals surface area contributed by atoms with Crippen LogP contribution >= 0.6 is 0 Å². The second kappa shape index (κ2) is 7.75. The number of fused-ring (bicyclic) bond motifs is 1. The summed E-state index contributed by atoms with van der Waals surface area (Å²) >= 11 is 0. The number of hydrogen-bond donors (Lipinski definition) is 0. The molecule has 0 N–H and O–H groups in total. The quantitative estimate of drug-likeness (QED) is 0.594. The summed E-state index contributed by atoms with van der Waals surface area (Å²) in [6.45, 7) is 2.30. The van der Waals surface area contributed by atoms with Crippen molar-refractivity contribution < 1.29 is 23.7 Å². The van der Waals surface area contributed by atoms with E-state index in [1.54, 1.807) is 26.2 Å². The van der Waals surface area contributed by atoms with Crippen molar-refractivity contribution >= 4 is 11.5 Å². The first-order valence-electron chi connectivity index (χ1n) is 8.11. The number of esters is 1. The van der Waals surface area contributed by atoms with E-state index in [4.69, 9.17) is 18.9 Å². The molecule has 0 amide bonds. The molecule has 0 fully saturated rings. The molecule has 3 rings (SSSR count). The van der Waals surface area contributed by atoms with E-state index >= 15 is 0 Å². The Morgan fingerprint density at radius 1 is 1.16 bits per heavy atom. The molecule has 1 aliphatic heterocycles. The second-order valence-corrected chi connectivity index (χ2v) is 5.46. The van der Waals surface area contributed by atoms with Crippen LogP contribution < -0.4 is 14.2 Å². The van der Waals surface area contributed by atoms with Crippen LogP contribution in [0.1, 0.15) is 18.1 Å². The third-order valence-electron chi connectivity index (χ3n) is 3.85. The number of allylic oxidation sites excluding steroid dienone is 1. The van der Waals surface area contributed by atoms with E-state index in [-0.39, 0.29) is 12.8 Å². The molecule has 0 saturated carbocycles. The minimum absolute atomic E-state index is 0.195. The maximum atomic E-state index is 12.4. The zero-order valence-corrected chi connectivity index (χ0v) is 14.3. The van der Waals surface area contributed by atoms with Crippen LogP contribution in [0.3, 0.4) is 0 Å². The van der Waals surface area contributed by atoms with Gasteiger partial charge in [-0.15, -0.1) is 0 Å². The number of carbonyl (C=O) groups excluding carboxylic acids is 1. The standard InChI is InChI=1S/C20H20O5/c1-3-23-20(21)17(9-7-14-5-4-6-16(11-14)22-2)15-8-10-18-19(12-15)25-13-24-18/h4-6,8-12H,3,7,13H2,1-2H3/b17-9-. The predicted molar refractivity (Wildman–Crippen MR) is 93.9 cm³/mol. The van der Waals surface area contributed by atoms with Crippen molar-refractivity contribution in [2.24, 2.45) is 0 Å². The lowest BCUT2D eigenvalue weighted by molar-refractivity contribution is -0.136. The Morgan fingerprint density at radius 3 is 2.80 bits per heavy atom. The summed E-state index contributed by atoms with van der Waals surface area (Å²) in [5.74, 6) is 1.74. The summed E-state index contributed by atoms with van der Waals surface area (Å²) in [7, 11) is 1.63. The summed E-state index contributed by atoms with van der Waals surface area (Å²) < 4.78 is 21.2. The van der Waals surface area contributed by atoms with Crippen LogP contribution in [0.2, 0.25) is 0 Å². The summed E-state index contributed by atoms with van der Waals surface area (Å²) in [6, 6.07) is 13.2. The van der Waals surface area contributed by atoms with E-state index in [1.165, 1.54) is 0 Å². The molecule has 1 aliphatic rings. The summed E-state index contributed by atoms with van der Waals surface area (Å²) in [5, 5.41) is 0. The van der Waals surface area contributed by atoms with E-state index < -0.39 is 0 Å². The monoisotopic (exact) mass is 340 g/mol. The van der Waals surface area contributed by atoms with Gasteiger partial charge in [0.05, 0.1) is 19.3 Å². The lowest BCUT2D eigenvalue weighted by Gasteiger charge is -2.09. The first kappa shape index (κ1) is 16.9. The molecule has 5 nitrogen and oxygen atoms in total. The Kier molecular flexibility index (Phi) is 5.23. The average molecular weight is 340 g/mol. The summed E-state index contributed by atoms with van der Waals surface area (Å²) in [5.41, 5.74) is 2.29. The van der Waals surface area contributed by atoms with Crippen molar-refractivity contribution in [2.45, 2.75) is 13.3 Å². The Morgan fingerprint density at radius 2 is 2.00 bits per heavy atom. The van der Waals surface area contributed by atoms with Crippen LogP contribution in [0, 0.1) is 0 Å². The zero-order valence-electron chi connectivity index (χ0n) is 14.3. The maximum Gasteiger partial charge on any atom is 0.338 e. The smallest absolute Gasteiger partial charge is 0.338 e. The molecule has 1 heterocycles. The molecule has 25 heavy (non-hydrogen) atoms. The molecule has 0 aromatic heterocycles. The Labute approximate surface area is 146 Å². The van der Waals surface area contributed by atoms with Crippen molar-refractivity contribution in [1.29, 1.82) is 0 Å². The average Bonchev–Trinajstić information content (AvgIpc) is 3.10. The van der Waals surface area contributed by atoms with Gasteiger partial charge >= 0.3 is 5.97 Å². The van der Waals surface area contributed by atoms with Crippen LogP contribution in [0.4, 0.5) is 0 Å². The van der Waals surface area contributed by atoms with Crippen LogP contribution in [-0.2, 0) is 16.0 Å². The maximum absolute atomic E-state index is 12.4. The molecule has 5 heteroatoms. The molecule has 0 radical (unpaired) electrons. The highest BCUT2D eigenvalue weighted by Crippen LogP contribution is 2.34. The molecular weight excluding hydrogens is 320 g/mol.